The third-order valence-electron chi connectivity index (χ3n) is 2.07. The molecule has 0 aromatic heterocycles. The molecule has 0 unspecified atom stereocenters. The van der Waals surface area contributed by atoms with E-state index in [1.807, 2.05) is 6.08 Å². The van der Waals surface area contributed by atoms with E-state index < -0.39 is 0 Å². The lowest BCUT2D eigenvalue weighted by Crippen LogP contribution is -2.39. The molecule has 1 heterocycles. The summed E-state index contributed by atoms with van der Waals surface area (Å²) < 4.78 is 5.28. The molecule has 0 aromatic carbocycles. The molecule has 2 nitrogen and oxygen atoms in total. The molecule has 1 fully saturated rings. The van der Waals surface area contributed by atoms with Gasteiger partial charge in [-0.2, -0.15) is 0 Å². The summed E-state index contributed by atoms with van der Waals surface area (Å²) in [5.41, 5.74) is 0. The van der Waals surface area contributed by atoms with Gasteiger partial charge in [0.25, 0.3) is 0 Å². The number of piperidine rings is 1. The van der Waals surface area contributed by atoms with Crippen LogP contribution in [0.25, 0.3) is 0 Å². The number of ether oxygens (including phenoxy) is 1. The van der Waals surface area contributed by atoms with Crippen molar-refractivity contribution in [3.05, 3.63) is 12.7 Å². The fraction of sp³-hybridized carbons (Fsp3) is 0.750. The standard InChI is InChI=1S/C8H15NO/c1-3-7-6-9-5-4-8(7)10-2/h3,7-9H,1,4-6H2,2H3/t7-,8+/m1/s1. The second-order valence-corrected chi connectivity index (χ2v) is 2.67. The molecule has 0 spiro atoms. The van der Waals surface area contributed by atoms with E-state index in [1.54, 1.807) is 7.11 Å². The summed E-state index contributed by atoms with van der Waals surface area (Å²) in [5.74, 6) is 0.499. The maximum Gasteiger partial charge on any atom is 0.0658 e. The zero-order valence-electron chi connectivity index (χ0n) is 6.47. The van der Waals surface area contributed by atoms with Crippen LogP contribution in [0.3, 0.4) is 0 Å². The molecule has 10 heavy (non-hydrogen) atoms. The molecule has 58 valence electrons. The Morgan fingerprint density at radius 3 is 3.00 bits per heavy atom. The molecule has 1 rings (SSSR count). The van der Waals surface area contributed by atoms with Gasteiger partial charge >= 0.3 is 0 Å². The van der Waals surface area contributed by atoms with E-state index >= 15 is 0 Å². The molecule has 2 atom stereocenters. The first-order valence-corrected chi connectivity index (χ1v) is 3.74. The van der Waals surface area contributed by atoms with E-state index in [9.17, 15) is 0 Å². The molecule has 0 aliphatic carbocycles. The average molecular weight is 141 g/mol. The molecule has 1 N–H and O–H groups in total. The molecule has 0 bridgehead atoms. The minimum Gasteiger partial charge on any atom is -0.381 e. The van der Waals surface area contributed by atoms with Gasteiger partial charge in [0.05, 0.1) is 6.10 Å². The highest BCUT2D eigenvalue weighted by atomic mass is 16.5. The van der Waals surface area contributed by atoms with Gasteiger partial charge in [0.15, 0.2) is 0 Å². The van der Waals surface area contributed by atoms with Crippen molar-refractivity contribution in [1.29, 1.82) is 0 Å². The van der Waals surface area contributed by atoms with Crippen molar-refractivity contribution in [2.75, 3.05) is 20.2 Å². The van der Waals surface area contributed by atoms with Crippen LogP contribution >= 0.6 is 0 Å². The van der Waals surface area contributed by atoms with Crippen LogP contribution in [0.5, 0.6) is 0 Å². The minimum atomic E-state index is 0.388. The van der Waals surface area contributed by atoms with Crippen LogP contribution in [0.15, 0.2) is 12.7 Å². The molecular formula is C8H15NO. The third kappa shape index (κ3) is 1.58. The van der Waals surface area contributed by atoms with Gasteiger partial charge in [0, 0.05) is 19.6 Å². The first-order valence-electron chi connectivity index (χ1n) is 3.74. The lowest BCUT2D eigenvalue weighted by Gasteiger charge is -2.28. The highest BCUT2D eigenvalue weighted by Crippen LogP contribution is 2.14. The van der Waals surface area contributed by atoms with Gasteiger partial charge in [0.2, 0.25) is 0 Å². The lowest BCUT2D eigenvalue weighted by atomic mass is 9.96. The molecule has 0 amide bonds. The minimum absolute atomic E-state index is 0.388. The van der Waals surface area contributed by atoms with Crippen LogP contribution in [0, 0.1) is 5.92 Å². The number of nitrogens with one attached hydrogen (secondary N) is 1. The molecule has 0 aromatic rings. The zero-order valence-corrected chi connectivity index (χ0v) is 6.47. The van der Waals surface area contributed by atoms with Crippen LogP contribution in [0.4, 0.5) is 0 Å². The maximum atomic E-state index is 5.28. The van der Waals surface area contributed by atoms with Crippen molar-refractivity contribution < 1.29 is 4.74 Å². The summed E-state index contributed by atoms with van der Waals surface area (Å²) >= 11 is 0. The summed E-state index contributed by atoms with van der Waals surface area (Å²) in [7, 11) is 1.77. The maximum absolute atomic E-state index is 5.28. The molecule has 0 saturated carbocycles. The largest absolute Gasteiger partial charge is 0.381 e. The van der Waals surface area contributed by atoms with Crippen molar-refractivity contribution in [2.24, 2.45) is 5.92 Å². The van der Waals surface area contributed by atoms with Crippen molar-refractivity contribution in [1.82, 2.24) is 5.32 Å². The van der Waals surface area contributed by atoms with Gasteiger partial charge in [-0.3, -0.25) is 0 Å². The van der Waals surface area contributed by atoms with E-state index in [0.717, 1.165) is 19.5 Å². The number of rotatable bonds is 2. The Labute approximate surface area is 62.3 Å². The summed E-state index contributed by atoms with van der Waals surface area (Å²) in [6, 6.07) is 0. The van der Waals surface area contributed by atoms with E-state index in [2.05, 4.69) is 11.9 Å². The van der Waals surface area contributed by atoms with Crippen LogP contribution < -0.4 is 5.32 Å². The van der Waals surface area contributed by atoms with Gasteiger partial charge in [-0.05, 0) is 13.0 Å². The Bertz CT molecular complexity index is 114. The van der Waals surface area contributed by atoms with Crippen LogP contribution in [-0.2, 0) is 4.74 Å². The Balaban J connectivity index is 2.41. The fourth-order valence-corrected chi connectivity index (χ4v) is 1.39. The van der Waals surface area contributed by atoms with Gasteiger partial charge in [-0.1, -0.05) is 6.08 Å². The van der Waals surface area contributed by atoms with Crippen LogP contribution in [0.1, 0.15) is 6.42 Å². The summed E-state index contributed by atoms with van der Waals surface area (Å²) in [6.45, 7) is 5.85. The summed E-state index contributed by atoms with van der Waals surface area (Å²) in [6.07, 6.45) is 3.46. The quantitative estimate of drug-likeness (QED) is 0.574. The van der Waals surface area contributed by atoms with Crippen molar-refractivity contribution in [3.8, 4) is 0 Å². The second-order valence-electron chi connectivity index (χ2n) is 2.67. The van der Waals surface area contributed by atoms with Crippen LogP contribution in [-0.4, -0.2) is 26.3 Å². The number of hydrogen-bond acceptors (Lipinski definition) is 2. The van der Waals surface area contributed by atoms with E-state index in [-0.39, 0.29) is 0 Å². The average Bonchev–Trinajstić information content (AvgIpc) is 2.04. The van der Waals surface area contributed by atoms with E-state index in [0.29, 0.717) is 12.0 Å². The van der Waals surface area contributed by atoms with Crippen molar-refractivity contribution in [2.45, 2.75) is 12.5 Å². The van der Waals surface area contributed by atoms with Crippen molar-refractivity contribution in [3.63, 3.8) is 0 Å². The second kappa shape index (κ2) is 3.74. The predicted molar refractivity (Wildman–Crippen MR) is 42.0 cm³/mol. The van der Waals surface area contributed by atoms with Crippen molar-refractivity contribution >= 4 is 0 Å². The molecule has 0 radical (unpaired) electrons. The Kier molecular flexibility index (Phi) is 2.90. The molecule has 1 saturated heterocycles. The number of hydrogen-bond donors (Lipinski definition) is 1. The molecule has 1 aliphatic heterocycles. The van der Waals surface area contributed by atoms with Gasteiger partial charge in [-0.15, -0.1) is 6.58 Å². The zero-order chi connectivity index (χ0) is 7.40. The van der Waals surface area contributed by atoms with Crippen LogP contribution in [0.2, 0.25) is 0 Å². The predicted octanol–water partition coefficient (Wildman–Crippen LogP) is 0.797. The Morgan fingerprint density at radius 1 is 1.70 bits per heavy atom. The van der Waals surface area contributed by atoms with Gasteiger partial charge in [0.1, 0.15) is 0 Å². The monoisotopic (exact) mass is 141 g/mol. The topological polar surface area (TPSA) is 21.3 Å². The Morgan fingerprint density at radius 2 is 2.50 bits per heavy atom. The van der Waals surface area contributed by atoms with E-state index in [4.69, 9.17) is 4.74 Å². The third-order valence-corrected chi connectivity index (χ3v) is 2.07. The normalized spacial score (nSPS) is 33.7. The lowest BCUT2D eigenvalue weighted by molar-refractivity contribution is 0.0483. The summed E-state index contributed by atoms with van der Waals surface area (Å²) in [5, 5.41) is 3.30. The highest BCUT2D eigenvalue weighted by molar-refractivity contribution is 4.90. The first-order chi connectivity index (χ1) is 4.88. The fourth-order valence-electron chi connectivity index (χ4n) is 1.39. The highest BCUT2D eigenvalue weighted by Gasteiger charge is 2.21. The Hall–Kier alpha value is -0.340. The first kappa shape index (κ1) is 7.76. The van der Waals surface area contributed by atoms with E-state index in [1.165, 1.54) is 0 Å². The SMILES string of the molecule is C=C[C@@H]1CNCC[C@@H]1OC. The smallest absolute Gasteiger partial charge is 0.0658 e. The van der Waals surface area contributed by atoms with Gasteiger partial charge < -0.3 is 10.1 Å². The molecular weight excluding hydrogens is 126 g/mol. The summed E-state index contributed by atoms with van der Waals surface area (Å²) in [4.78, 5) is 0. The number of methoxy groups -OCH3 is 1. The molecule has 2 heteroatoms. The molecule has 1 aliphatic rings. The van der Waals surface area contributed by atoms with Gasteiger partial charge in [-0.25, -0.2) is 0 Å².